The van der Waals surface area contributed by atoms with Crippen molar-refractivity contribution in [1.29, 1.82) is 0 Å². The molecule has 2 N–H and O–H groups in total. The Bertz CT molecular complexity index is 343. The van der Waals surface area contributed by atoms with Gasteiger partial charge in [0.2, 0.25) is 0 Å². The molecule has 1 aliphatic rings. The molecule has 1 saturated heterocycles. The molecule has 0 aliphatic carbocycles. The van der Waals surface area contributed by atoms with Crippen LogP contribution in [-0.4, -0.2) is 49.6 Å². The summed E-state index contributed by atoms with van der Waals surface area (Å²) in [6.45, 7) is 6.61. The van der Waals surface area contributed by atoms with Crippen LogP contribution in [0.1, 0.15) is 11.1 Å². The van der Waals surface area contributed by atoms with Crippen LogP contribution in [0.4, 0.5) is 0 Å². The fraction of sp³-hybridized carbons (Fsp3) is 0.571. The number of nitrogens with zero attached hydrogens (tertiary/aromatic N) is 2. The number of likely N-dealkylation sites (N-methyl/N-ethyl adjacent to an activating group) is 1. The van der Waals surface area contributed by atoms with Crippen LogP contribution in [-0.2, 0) is 13.0 Å². The second kappa shape index (κ2) is 6.15. The number of piperazine rings is 1. The molecule has 3 nitrogen and oxygen atoms in total. The van der Waals surface area contributed by atoms with Crippen LogP contribution in [0.2, 0.25) is 0 Å². The van der Waals surface area contributed by atoms with Crippen LogP contribution < -0.4 is 5.73 Å². The fourth-order valence-electron chi connectivity index (χ4n) is 2.27. The minimum atomic E-state index is 0.641. The normalized spacial score (nSPS) is 18.5. The molecule has 2 rings (SSSR count). The number of nitrogens with two attached hydrogens (primary N) is 1. The third kappa shape index (κ3) is 3.80. The Morgan fingerprint density at radius 2 is 1.82 bits per heavy atom. The van der Waals surface area contributed by atoms with Crippen molar-refractivity contribution in [2.75, 3.05) is 39.8 Å². The summed E-state index contributed by atoms with van der Waals surface area (Å²) < 4.78 is 0. The van der Waals surface area contributed by atoms with Gasteiger partial charge in [-0.15, -0.1) is 0 Å². The largest absolute Gasteiger partial charge is 0.326 e. The van der Waals surface area contributed by atoms with Crippen molar-refractivity contribution in [2.45, 2.75) is 13.0 Å². The molecule has 0 unspecified atom stereocenters. The lowest BCUT2D eigenvalue weighted by molar-refractivity contribution is 0.155. The number of rotatable bonds is 4. The first-order valence-electron chi connectivity index (χ1n) is 6.47. The highest BCUT2D eigenvalue weighted by molar-refractivity contribution is 5.23. The number of hydrogen-bond acceptors (Lipinski definition) is 3. The molecule has 0 spiro atoms. The van der Waals surface area contributed by atoms with Gasteiger partial charge in [-0.1, -0.05) is 24.3 Å². The second-order valence-corrected chi connectivity index (χ2v) is 4.92. The quantitative estimate of drug-likeness (QED) is 0.840. The van der Waals surface area contributed by atoms with Gasteiger partial charge in [0.05, 0.1) is 0 Å². The second-order valence-electron chi connectivity index (χ2n) is 4.92. The zero-order valence-corrected chi connectivity index (χ0v) is 10.7. The van der Waals surface area contributed by atoms with E-state index in [1.54, 1.807) is 0 Å². The summed E-state index contributed by atoms with van der Waals surface area (Å²) in [7, 11) is 2.20. The molecule has 3 heteroatoms. The summed E-state index contributed by atoms with van der Waals surface area (Å²) in [5, 5.41) is 0. The van der Waals surface area contributed by atoms with Gasteiger partial charge in [0, 0.05) is 39.3 Å². The van der Waals surface area contributed by atoms with Crippen molar-refractivity contribution in [3.8, 4) is 0 Å². The van der Waals surface area contributed by atoms with Gasteiger partial charge in [0.15, 0.2) is 0 Å². The van der Waals surface area contributed by atoms with Gasteiger partial charge in [0.25, 0.3) is 0 Å². The third-order valence-electron chi connectivity index (χ3n) is 3.54. The highest BCUT2D eigenvalue weighted by atomic mass is 15.2. The van der Waals surface area contributed by atoms with Crippen LogP contribution in [0.5, 0.6) is 0 Å². The van der Waals surface area contributed by atoms with Crippen molar-refractivity contribution in [1.82, 2.24) is 9.80 Å². The standard InChI is InChI=1S/C14H23N3/c1-16-7-9-17(10-8-16)6-5-13-3-2-4-14(11-13)12-15/h2-4,11H,5-10,12,15H2,1H3. The van der Waals surface area contributed by atoms with E-state index >= 15 is 0 Å². The summed E-state index contributed by atoms with van der Waals surface area (Å²) in [4.78, 5) is 4.95. The Hall–Kier alpha value is -0.900. The van der Waals surface area contributed by atoms with E-state index in [4.69, 9.17) is 5.73 Å². The van der Waals surface area contributed by atoms with Crippen molar-refractivity contribution in [3.05, 3.63) is 35.4 Å². The highest BCUT2D eigenvalue weighted by Gasteiger charge is 2.12. The maximum Gasteiger partial charge on any atom is 0.0178 e. The molecule has 1 aliphatic heterocycles. The average molecular weight is 233 g/mol. The van der Waals surface area contributed by atoms with Gasteiger partial charge in [-0.05, 0) is 24.6 Å². The molecule has 1 aromatic rings. The first-order valence-corrected chi connectivity index (χ1v) is 6.47. The van der Waals surface area contributed by atoms with Crippen LogP contribution in [0.3, 0.4) is 0 Å². The van der Waals surface area contributed by atoms with Gasteiger partial charge >= 0.3 is 0 Å². The lowest BCUT2D eigenvalue weighted by Gasteiger charge is -2.32. The SMILES string of the molecule is CN1CCN(CCc2cccc(CN)c2)CC1. The molecule has 17 heavy (non-hydrogen) atoms. The molecule has 0 saturated carbocycles. The van der Waals surface area contributed by atoms with Gasteiger partial charge < -0.3 is 15.5 Å². The smallest absolute Gasteiger partial charge is 0.0178 e. The molecule has 94 valence electrons. The van der Waals surface area contributed by atoms with E-state index in [-0.39, 0.29) is 0 Å². The predicted molar refractivity (Wildman–Crippen MR) is 72.0 cm³/mol. The van der Waals surface area contributed by atoms with E-state index < -0.39 is 0 Å². The molecule has 0 atom stereocenters. The van der Waals surface area contributed by atoms with E-state index in [9.17, 15) is 0 Å². The maximum atomic E-state index is 5.66. The predicted octanol–water partition coefficient (Wildman–Crippen LogP) is 0.935. The minimum Gasteiger partial charge on any atom is -0.326 e. The van der Waals surface area contributed by atoms with Crippen molar-refractivity contribution in [2.24, 2.45) is 5.73 Å². The van der Waals surface area contributed by atoms with Gasteiger partial charge in [-0.25, -0.2) is 0 Å². The zero-order chi connectivity index (χ0) is 12.1. The van der Waals surface area contributed by atoms with Crippen LogP contribution >= 0.6 is 0 Å². The summed E-state index contributed by atoms with van der Waals surface area (Å²) in [6.07, 6.45) is 1.14. The molecule has 0 radical (unpaired) electrons. The number of benzene rings is 1. The van der Waals surface area contributed by atoms with Gasteiger partial charge in [-0.2, -0.15) is 0 Å². The number of hydrogen-bond donors (Lipinski definition) is 1. The summed E-state index contributed by atoms with van der Waals surface area (Å²) in [5.74, 6) is 0. The minimum absolute atomic E-state index is 0.641. The van der Waals surface area contributed by atoms with Crippen LogP contribution in [0, 0.1) is 0 Å². The molecule has 1 aromatic carbocycles. The molecule has 0 amide bonds. The lowest BCUT2D eigenvalue weighted by Crippen LogP contribution is -2.45. The Morgan fingerprint density at radius 1 is 1.12 bits per heavy atom. The fourth-order valence-corrected chi connectivity index (χ4v) is 2.27. The van der Waals surface area contributed by atoms with Crippen LogP contribution in [0.25, 0.3) is 0 Å². The monoisotopic (exact) mass is 233 g/mol. The molecule has 1 fully saturated rings. The molecular formula is C14H23N3. The van der Waals surface area contributed by atoms with E-state index in [0.29, 0.717) is 6.54 Å². The summed E-state index contributed by atoms with van der Waals surface area (Å²) in [6, 6.07) is 8.65. The van der Waals surface area contributed by atoms with E-state index in [2.05, 4.69) is 41.1 Å². The average Bonchev–Trinajstić information content (AvgIpc) is 2.38. The first-order chi connectivity index (χ1) is 8.28. The van der Waals surface area contributed by atoms with Crippen molar-refractivity contribution < 1.29 is 0 Å². The van der Waals surface area contributed by atoms with E-state index in [0.717, 1.165) is 6.42 Å². The molecule has 0 aromatic heterocycles. The van der Waals surface area contributed by atoms with E-state index in [1.165, 1.54) is 43.9 Å². The lowest BCUT2D eigenvalue weighted by atomic mass is 10.1. The summed E-state index contributed by atoms with van der Waals surface area (Å²) in [5.41, 5.74) is 8.30. The Kier molecular flexibility index (Phi) is 4.54. The van der Waals surface area contributed by atoms with Gasteiger partial charge in [0.1, 0.15) is 0 Å². The first kappa shape index (κ1) is 12.6. The van der Waals surface area contributed by atoms with Crippen molar-refractivity contribution in [3.63, 3.8) is 0 Å². The summed E-state index contributed by atoms with van der Waals surface area (Å²) >= 11 is 0. The topological polar surface area (TPSA) is 32.5 Å². The molecule has 1 heterocycles. The van der Waals surface area contributed by atoms with Crippen molar-refractivity contribution >= 4 is 0 Å². The molecular weight excluding hydrogens is 210 g/mol. The Labute approximate surface area is 104 Å². The van der Waals surface area contributed by atoms with Crippen LogP contribution in [0.15, 0.2) is 24.3 Å². The Balaban J connectivity index is 1.81. The maximum absolute atomic E-state index is 5.66. The highest BCUT2D eigenvalue weighted by Crippen LogP contribution is 2.07. The molecule has 0 bridgehead atoms. The third-order valence-corrected chi connectivity index (χ3v) is 3.54. The van der Waals surface area contributed by atoms with Gasteiger partial charge in [-0.3, -0.25) is 0 Å². The zero-order valence-electron chi connectivity index (χ0n) is 10.7. The Morgan fingerprint density at radius 3 is 2.53 bits per heavy atom. The van der Waals surface area contributed by atoms with E-state index in [1.807, 2.05) is 0 Å².